The van der Waals surface area contributed by atoms with E-state index in [1.54, 1.807) is 0 Å². The molecule has 2 atom stereocenters. The number of hydrogen-bond acceptors (Lipinski definition) is 3. The van der Waals surface area contributed by atoms with Gasteiger partial charge in [-0.15, -0.1) is 10.3 Å². The zero-order valence-electron chi connectivity index (χ0n) is 20.3. The molecule has 0 aromatic heterocycles. The smallest absolute Gasteiger partial charge is 0.119 e. The lowest BCUT2D eigenvalue weighted by Gasteiger charge is -2.50. The van der Waals surface area contributed by atoms with E-state index in [1.807, 2.05) is 19.1 Å². The van der Waals surface area contributed by atoms with Gasteiger partial charge in [0.05, 0.1) is 19.3 Å². The fourth-order valence-corrected chi connectivity index (χ4v) is 5.76. The van der Waals surface area contributed by atoms with E-state index in [0.29, 0.717) is 18.4 Å². The maximum atomic E-state index is 12.7. The molecule has 2 unspecified atom stereocenters. The Morgan fingerprint density at radius 2 is 1.38 bits per heavy atom. The van der Waals surface area contributed by atoms with Gasteiger partial charge in [-0.05, 0) is 95.0 Å². The predicted molar refractivity (Wildman–Crippen MR) is 127 cm³/mol. The van der Waals surface area contributed by atoms with Gasteiger partial charge < -0.3 is 9.47 Å². The highest BCUT2D eigenvalue weighted by Crippen LogP contribution is 2.45. The summed E-state index contributed by atoms with van der Waals surface area (Å²) in [5.74, 6) is 1.78. The molecule has 0 spiro atoms. The van der Waals surface area contributed by atoms with Gasteiger partial charge in [0.25, 0.3) is 0 Å². The molecule has 173 valence electrons. The number of rotatable bonds is 5. The Morgan fingerprint density at radius 1 is 0.844 bits per heavy atom. The largest absolute Gasteiger partial charge is 0.494 e. The van der Waals surface area contributed by atoms with Crippen molar-refractivity contribution in [1.82, 2.24) is 5.06 Å². The molecule has 0 N–H and O–H groups in total. The summed E-state index contributed by atoms with van der Waals surface area (Å²) in [5, 5.41) is 14.0. The van der Waals surface area contributed by atoms with Crippen LogP contribution in [0.4, 0.5) is 0 Å². The standard InChI is InChI=1S/C28H38NO3/c1-6-31-25-14-11-22(12-15-25)26-16-13-23(19-32-26)20-7-9-21(10-8-20)24-17-27(2,3)29(30)28(4,5)18-24/h7-12,14-15,23-24,26H,6,13,16-19H2,1-5H3. The minimum Gasteiger partial charge on any atom is -0.494 e. The highest BCUT2D eigenvalue weighted by atomic mass is 16.5. The summed E-state index contributed by atoms with van der Waals surface area (Å²) in [6.45, 7) is 11.7. The first-order valence-electron chi connectivity index (χ1n) is 12.1. The SMILES string of the molecule is CCOc1ccc(C2CCC(c3ccc(C4CC(C)(C)N([O])C(C)(C)C4)cc3)CO2)cc1. The van der Waals surface area contributed by atoms with Crippen molar-refractivity contribution in [3.05, 3.63) is 65.2 Å². The van der Waals surface area contributed by atoms with Crippen LogP contribution in [0.15, 0.2) is 48.5 Å². The molecular weight excluding hydrogens is 398 g/mol. The molecule has 2 saturated heterocycles. The van der Waals surface area contributed by atoms with Gasteiger partial charge in [0, 0.05) is 17.0 Å². The first-order chi connectivity index (χ1) is 15.2. The van der Waals surface area contributed by atoms with E-state index in [4.69, 9.17) is 9.47 Å². The minimum atomic E-state index is -0.335. The van der Waals surface area contributed by atoms with Crippen molar-refractivity contribution in [2.75, 3.05) is 13.2 Å². The number of ether oxygens (including phenoxy) is 2. The lowest BCUT2D eigenvalue weighted by atomic mass is 9.72. The molecule has 4 heteroatoms. The van der Waals surface area contributed by atoms with Crippen LogP contribution in [-0.2, 0) is 9.94 Å². The average Bonchev–Trinajstić information content (AvgIpc) is 2.78. The molecule has 0 amide bonds. The highest BCUT2D eigenvalue weighted by molar-refractivity contribution is 5.31. The summed E-state index contributed by atoms with van der Waals surface area (Å²) in [6, 6.07) is 17.5. The first-order valence-corrected chi connectivity index (χ1v) is 12.1. The summed E-state index contributed by atoms with van der Waals surface area (Å²) in [4.78, 5) is 0. The third-order valence-corrected chi connectivity index (χ3v) is 7.31. The lowest BCUT2D eigenvalue weighted by molar-refractivity contribution is -0.289. The zero-order valence-corrected chi connectivity index (χ0v) is 20.3. The maximum absolute atomic E-state index is 12.7. The Balaban J connectivity index is 1.37. The number of benzene rings is 2. The van der Waals surface area contributed by atoms with Gasteiger partial charge in [-0.2, -0.15) is 0 Å². The number of piperidine rings is 1. The molecule has 0 bridgehead atoms. The van der Waals surface area contributed by atoms with Crippen molar-refractivity contribution in [3.8, 4) is 5.75 Å². The van der Waals surface area contributed by atoms with Crippen LogP contribution in [0.25, 0.3) is 0 Å². The second-order valence-corrected chi connectivity index (χ2v) is 10.8. The maximum Gasteiger partial charge on any atom is 0.119 e. The highest BCUT2D eigenvalue weighted by Gasteiger charge is 2.46. The molecule has 1 radical (unpaired) electrons. The van der Waals surface area contributed by atoms with Crippen molar-refractivity contribution in [2.24, 2.45) is 0 Å². The van der Waals surface area contributed by atoms with E-state index in [-0.39, 0.29) is 17.2 Å². The van der Waals surface area contributed by atoms with E-state index in [1.165, 1.54) is 21.8 Å². The Morgan fingerprint density at radius 3 is 1.88 bits per heavy atom. The normalized spacial score (nSPS) is 26.1. The van der Waals surface area contributed by atoms with Crippen LogP contribution in [0.5, 0.6) is 5.75 Å². The second kappa shape index (κ2) is 9.17. The Bertz CT molecular complexity index is 862. The fourth-order valence-electron chi connectivity index (χ4n) is 5.76. The quantitative estimate of drug-likeness (QED) is 0.517. The van der Waals surface area contributed by atoms with Gasteiger partial charge in [-0.3, -0.25) is 0 Å². The summed E-state index contributed by atoms with van der Waals surface area (Å²) in [5.41, 5.74) is 3.28. The summed E-state index contributed by atoms with van der Waals surface area (Å²) >= 11 is 0. The second-order valence-electron chi connectivity index (χ2n) is 10.8. The van der Waals surface area contributed by atoms with Gasteiger partial charge in [0.1, 0.15) is 5.75 Å². The Kier molecular flexibility index (Phi) is 6.67. The Hall–Kier alpha value is -1.88. The monoisotopic (exact) mass is 436 g/mol. The van der Waals surface area contributed by atoms with Crippen LogP contribution >= 0.6 is 0 Å². The third-order valence-electron chi connectivity index (χ3n) is 7.31. The van der Waals surface area contributed by atoms with E-state index in [0.717, 1.165) is 38.0 Å². The molecule has 2 aliphatic heterocycles. The fraction of sp³-hybridized carbons (Fsp3) is 0.571. The van der Waals surface area contributed by atoms with Crippen LogP contribution in [0.2, 0.25) is 0 Å². The van der Waals surface area contributed by atoms with Gasteiger partial charge in [0.2, 0.25) is 0 Å². The topological polar surface area (TPSA) is 41.6 Å². The van der Waals surface area contributed by atoms with Crippen molar-refractivity contribution in [2.45, 2.75) is 89.3 Å². The summed E-state index contributed by atoms with van der Waals surface area (Å²) in [6.07, 6.45) is 4.13. The number of hydrogen-bond donors (Lipinski definition) is 0. The molecule has 0 saturated carbocycles. The zero-order chi connectivity index (χ0) is 22.9. The molecule has 2 aromatic carbocycles. The minimum absolute atomic E-state index is 0.169. The van der Waals surface area contributed by atoms with Gasteiger partial charge in [-0.1, -0.05) is 36.4 Å². The van der Waals surface area contributed by atoms with Crippen molar-refractivity contribution < 1.29 is 14.7 Å². The summed E-state index contributed by atoms with van der Waals surface area (Å²) in [7, 11) is 0. The van der Waals surface area contributed by atoms with E-state index < -0.39 is 0 Å². The molecule has 2 fully saturated rings. The molecular formula is C28H38NO3. The molecule has 0 aliphatic carbocycles. The molecule has 2 heterocycles. The number of nitrogens with zero attached hydrogens (tertiary/aromatic N) is 1. The lowest BCUT2D eigenvalue weighted by Crippen LogP contribution is -2.57. The van der Waals surface area contributed by atoms with Crippen molar-refractivity contribution >= 4 is 0 Å². The molecule has 2 aromatic rings. The van der Waals surface area contributed by atoms with Crippen molar-refractivity contribution in [1.29, 1.82) is 0 Å². The van der Waals surface area contributed by atoms with E-state index >= 15 is 0 Å². The number of hydroxylamine groups is 2. The molecule has 4 nitrogen and oxygen atoms in total. The average molecular weight is 437 g/mol. The van der Waals surface area contributed by atoms with E-state index in [2.05, 4.69) is 64.1 Å². The van der Waals surface area contributed by atoms with Crippen LogP contribution < -0.4 is 4.74 Å². The molecule has 2 aliphatic rings. The van der Waals surface area contributed by atoms with Crippen LogP contribution in [0.3, 0.4) is 0 Å². The van der Waals surface area contributed by atoms with Crippen molar-refractivity contribution in [3.63, 3.8) is 0 Å². The predicted octanol–water partition coefficient (Wildman–Crippen LogP) is 6.80. The van der Waals surface area contributed by atoms with Gasteiger partial charge >= 0.3 is 0 Å². The molecule has 32 heavy (non-hydrogen) atoms. The van der Waals surface area contributed by atoms with Crippen LogP contribution in [0, 0.1) is 0 Å². The third kappa shape index (κ3) is 4.88. The molecule has 4 rings (SSSR count). The Labute approximate surface area is 193 Å². The van der Waals surface area contributed by atoms with Gasteiger partial charge in [0.15, 0.2) is 0 Å². The van der Waals surface area contributed by atoms with Crippen LogP contribution in [0.1, 0.15) is 94.9 Å². The van der Waals surface area contributed by atoms with Gasteiger partial charge in [-0.25, -0.2) is 0 Å². The first kappa shape index (κ1) is 23.3. The summed E-state index contributed by atoms with van der Waals surface area (Å²) < 4.78 is 11.8. The van der Waals surface area contributed by atoms with E-state index in [9.17, 15) is 5.21 Å². The van der Waals surface area contributed by atoms with Crippen LogP contribution in [-0.4, -0.2) is 29.4 Å².